The number of hydrogen-bond donors (Lipinski definition) is 3. The van der Waals surface area contributed by atoms with E-state index in [4.69, 9.17) is 14.9 Å². The molecular formula is C11H19NO5. The molecule has 0 bridgehead atoms. The van der Waals surface area contributed by atoms with Gasteiger partial charge >= 0.3 is 5.97 Å². The number of carbonyl (C=O) groups is 2. The summed E-state index contributed by atoms with van der Waals surface area (Å²) in [5, 5.41) is 20.0. The molecular weight excluding hydrogens is 226 g/mol. The zero-order valence-electron chi connectivity index (χ0n) is 9.72. The van der Waals surface area contributed by atoms with Gasteiger partial charge in [-0.25, -0.2) is 4.79 Å². The van der Waals surface area contributed by atoms with Crippen molar-refractivity contribution in [3.8, 4) is 0 Å². The van der Waals surface area contributed by atoms with Crippen LogP contribution in [0.15, 0.2) is 0 Å². The average Bonchev–Trinajstić information content (AvgIpc) is 2.78. The molecule has 2 atom stereocenters. The minimum Gasteiger partial charge on any atom is -0.479 e. The maximum atomic E-state index is 11.4. The van der Waals surface area contributed by atoms with Crippen molar-refractivity contribution in [2.24, 2.45) is 0 Å². The summed E-state index contributed by atoms with van der Waals surface area (Å²) in [7, 11) is 0. The highest BCUT2D eigenvalue weighted by molar-refractivity contribution is 5.76. The Morgan fingerprint density at radius 1 is 1.47 bits per heavy atom. The molecule has 1 fully saturated rings. The molecule has 1 amide bonds. The lowest BCUT2D eigenvalue weighted by atomic mass is 10.1. The number of nitrogens with one attached hydrogen (secondary N) is 1. The number of aliphatic hydroxyl groups excluding tert-OH is 1. The van der Waals surface area contributed by atoms with E-state index >= 15 is 0 Å². The quantitative estimate of drug-likeness (QED) is 0.582. The van der Waals surface area contributed by atoms with Crippen LogP contribution in [-0.4, -0.2) is 47.4 Å². The van der Waals surface area contributed by atoms with Crippen LogP contribution in [0.2, 0.25) is 0 Å². The van der Waals surface area contributed by atoms with E-state index in [1.807, 2.05) is 0 Å². The Hall–Kier alpha value is -1.14. The second-order valence-electron chi connectivity index (χ2n) is 4.17. The first-order valence-corrected chi connectivity index (χ1v) is 5.88. The number of carboxylic acids is 1. The fraction of sp³-hybridized carbons (Fsp3) is 0.818. The zero-order valence-corrected chi connectivity index (χ0v) is 9.72. The molecule has 1 saturated heterocycles. The molecule has 0 aromatic rings. The predicted octanol–water partition coefficient (Wildman–Crippen LogP) is -0.103. The molecule has 0 spiro atoms. The van der Waals surface area contributed by atoms with Crippen molar-refractivity contribution < 1.29 is 24.5 Å². The number of carboxylic acid groups (broad SMARTS) is 1. The first kappa shape index (κ1) is 13.9. The van der Waals surface area contributed by atoms with Crippen molar-refractivity contribution >= 4 is 11.9 Å². The van der Waals surface area contributed by atoms with Crippen molar-refractivity contribution in [1.82, 2.24) is 5.32 Å². The number of amides is 1. The summed E-state index contributed by atoms with van der Waals surface area (Å²) in [5.74, 6) is -1.39. The molecule has 6 heteroatoms. The number of ether oxygens (including phenoxy) is 1. The van der Waals surface area contributed by atoms with Crippen LogP contribution in [0.25, 0.3) is 0 Å². The molecule has 2 unspecified atom stereocenters. The molecule has 0 aliphatic carbocycles. The lowest BCUT2D eigenvalue weighted by Crippen LogP contribution is -2.30. The van der Waals surface area contributed by atoms with Gasteiger partial charge in [0.1, 0.15) is 0 Å². The average molecular weight is 245 g/mol. The summed E-state index contributed by atoms with van der Waals surface area (Å²) in [6.45, 7) is 0.953. The lowest BCUT2D eigenvalue weighted by molar-refractivity contribution is -0.147. The van der Waals surface area contributed by atoms with Crippen LogP contribution >= 0.6 is 0 Å². The molecule has 98 valence electrons. The van der Waals surface area contributed by atoms with Crippen LogP contribution in [0.5, 0.6) is 0 Å². The second-order valence-corrected chi connectivity index (χ2v) is 4.17. The third kappa shape index (κ3) is 5.65. The van der Waals surface area contributed by atoms with Gasteiger partial charge in [0.2, 0.25) is 5.91 Å². The van der Waals surface area contributed by atoms with Crippen LogP contribution in [0.1, 0.15) is 32.1 Å². The Kier molecular flexibility index (Phi) is 5.93. The van der Waals surface area contributed by atoms with E-state index in [0.29, 0.717) is 12.8 Å². The van der Waals surface area contributed by atoms with Crippen LogP contribution in [-0.2, 0) is 14.3 Å². The Labute approximate surface area is 100.0 Å². The summed E-state index contributed by atoms with van der Waals surface area (Å²) in [6, 6.07) is 0. The van der Waals surface area contributed by atoms with E-state index in [9.17, 15) is 9.59 Å². The van der Waals surface area contributed by atoms with Crippen molar-refractivity contribution in [1.29, 1.82) is 0 Å². The normalized spacial score (nSPS) is 21.1. The van der Waals surface area contributed by atoms with E-state index < -0.39 is 12.1 Å². The van der Waals surface area contributed by atoms with Crippen molar-refractivity contribution in [2.75, 3.05) is 13.2 Å². The van der Waals surface area contributed by atoms with Crippen LogP contribution < -0.4 is 5.32 Å². The predicted molar refractivity (Wildman–Crippen MR) is 59.5 cm³/mol. The van der Waals surface area contributed by atoms with Gasteiger partial charge in [0.25, 0.3) is 0 Å². The van der Waals surface area contributed by atoms with Crippen molar-refractivity contribution in [3.05, 3.63) is 0 Å². The second kappa shape index (κ2) is 7.24. The Bertz CT molecular complexity index is 263. The first-order valence-electron chi connectivity index (χ1n) is 5.88. The van der Waals surface area contributed by atoms with Crippen molar-refractivity contribution in [2.45, 2.75) is 44.3 Å². The number of aliphatic carboxylic acids is 1. The SMILES string of the molecule is O=C(CCC1CCCO1)NCCC(O)C(=O)O. The smallest absolute Gasteiger partial charge is 0.332 e. The van der Waals surface area contributed by atoms with Crippen molar-refractivity contribution in [3.63, 3.8) is 0 Å². The molecule has 3 N–H and O–H groups in total. The van der Waals surface area contributed by atoms with E-state index in [2.05, 4.69) is 5.32 Å². The van der Waals surface area contributed by atoms with Gasteiger partial charge in [0.05, 0.1) is 6.10 Å². The number of carbonyl (C=O) groups excluding carboxylic acids is 1. The van der Waals surface area contributed by atoms with Gasteiger partial charge in [-0.3, -0.25) is 4.79 Å². The third-order valence-corrected chi connectivity index (χ3v) is 2.74. The standard InChI is InChI=1S/C11H19NO5/c13-9(11(15)16)5-6-12-10(14)4-3-8-2-1-7-17-8/h8-9,13H,1-7H2,(H,12,14)(H,15,16). The van der Waals surface area contributed by atoms with Gasteiger partial charge in [-0.1, -0.05) is 0 Å². The van der Waals surface area contributed by atoms with Gasteiger partial charge in [-0.15, -0.1) is 0 Å². The van der Waals surface area contributed by atoms with E-state index in [1.54, 1.807) is 0 Å². The van der Waals surface area contributed by atoms with E-state index in [0.717, 1.165) is 19.4 Å². The third-order valence-electron chi connectivity index (χ3n) is 2.74. The number of rotatable bonds is 7. The highest BCUT2D eigenvalue weighted by atomic mass is 16.5. The maximum absolute atomic E-state index is 11.4. The highest BCUT2D eigenvalue weighted by Gasteiger charge is 2.17. The van der Waals surface area contributed by atoms with Crippen LogP contribution in [0.4, 0.5) is 0 Å². The molecule has 1 aliphatic rings. The molecule has 0 saturated carbocycles. The molecule has 17 heavy (non-hydrogen) atoms. The highest BCUT2D eigenvalue weighted by Crippen LogP contribution is 2.16. The molecule has 6 nitrogen and oxygen atoms in total. The minimum atomic E-state index is -1.41. The lowest BCUT2D eigenvalue weighted by Gasteiger charge is -2.10. The monoisotopic (exact) mass is 245 g/mol. The topological polar surface area (TPSA) is 95.9 Å². The van der Waals surface area contributed by atoms with Gasteiger partial charge < -0.3 is 20.3 Å². The summed E-state index contributed by atoms with van der Waals surface area (Å²) in [6.07, 6.45) is 1.95. The summed E-state index contributed by atoms with van der Waals surface area (Å²) in [4.78, 5) is 21.7. The first-order chi connectivity index (χ1) is 8.09. The minimum absolute atomic E-state index is 0.0288. The Balaban J connectivity index is 2.02. The Morgan fingerprint density at radius 2 is 2.24 bits per heavy atom. The molecule has 1 aliphatic heterocycles. The summed E-state index contributed by atoms with van der Waals surface area (Å²) >= 11 is 0. The van der Waals surface area contributed by atoms with Gasteiger partial charge in [-0.05, 0) is 19.3 Å². The summed E-state index contributed by atoms with van der Waals surface area (Å²) in [5.41, 5.74) is 0. The Morgan fingerprint density at radius 3 is 2.82 bits per heavy atom. The number of hydrogen-bond acceptors (Lipinski definition) is 4. The summed E-state index contributed by atoms with van der Waals surface area (Å²) < 4.78 is 5.38. The zero-order chi connectivity index (χ0) is 12.7. The molecule has 0 aromatic heterocycles. The van der Waals surface area contributed by atoms with Gasteiger partial charge in [0.15, 0.2) is 6.10 Å². The van der Waals surface area contributed by atoms with E-state index in [1.165, 1.54) is 0 Å². The van der Waals surface area contributed by atoms with E-state index in [-0.39, 0.29) is 25.0 Å². The number of aliphatic hydroxyl groups is 1. The molecule has 0 aromatic carbocycles. The van der Waals surface area contributed by atoms with Gasteiger partial charge in [0, 0.05) is 26.0 Å². The van der Waals surface area contributed by atoms with Crippen LogP contribution in [0, 0.1) is 0 Å². The molecule has 0 radical (unpaired) electrons. The largest absolute Gasteiger partial charge is 0.479 e. The molecule has 1 rings (SSSR count). The fourth-order valence-electron chi connectivity index (χ4n) is 1.72. The van der Waals surface area contributed by atoms with Crippen LogP contribution in [0.3, 0.4) is 0 Å². The fourth-order valence-corrected chi connectivity index (χ4v) is 1.72. The van der Waals surface area contributed by atoms with Gasteiger partial charge in [-0.2, -0.15) is 0 Å². The maximum Gasteiger partial charge on any atom is 0.332 e. The molecule has 1 heterocycles.